The van der Waals surface area contributed by atoms with Crippen LogP contribution in [0.2, 0.25) is 0 Å². The molecule has 0 bridgehead atoms. The molecule has 6 nitrogen and oxygen atoms in total. The summed E-state index contributed by atoms with van der Waals surface area (Å²) in [6.45, 7) is 0.633. The molecular weight excluding hydrogens is 276 g/mol. The van der Waals surface area contributed by atoms with Crippen molar-refractivity contribution in [2.75, 3.05) is 12.0 Å². The molecule has 2 fully saturated rings. The van der Waals surface area contributed by atoms with E-state index in [1.165, 1.54) is 12.6 Å². The van der Waals surface area contributed by atoms with Crippen molar-refractivity contribution in [3.8, 4) is 0 Å². The third kappa shape index (κ3) is 2.30. The summed E-state index contributed by atoms with van der Waals surface area (Å²) in [4.78, 5) is 4.25. The molecule has 1 aromatic heterocycles. The van der Waals surface area contributed by atoms with E-state index in [0.717, 1.165) is 25.7 Å². The average Bonchev–Trinajstić information content (AvgIpc) is 2.92. The van der Waals surface area contributed by atoms with E-state index in [4.69, 9.17) is 5.84 Å². The second-order valence-electron chi connectivity index (χ2n) is 5.54. The zero-order valence-electron chi connectivity index (χ0n) is 11.3. The Morgan fingerprint density at radius 3 is 2.75 bits per heavy atom. The Morgan fingerprint density at radius 1 is 1.25 bits per heavy atom. The van der Waals surface area contributed by atoms with Crippen LogP contribution in [0.15, 0.2) is 23.2 Å². The SMILES string of the molecule is NNc1ccc(S(=O)(=O)N2CCC3CCCCC32)cn1. The fraction of sp³-hybridized carbons (Fsp3) is 0.615. The van der Waals surface area contributed by atoms with Crippen molar-refractivity contribution >= 4 is 15.8 Å². The molecule has 2 atom stereocenters. The van der Waals surface area contributed by atoms with Gasteiger partial charge in [-0.2, -0.15) is 4.31 Å². The van der Waals surface area contributed by atoms with Gasteiger partial charge in [0.15, 0.2) is 0 Å². The summed E-state index contributed by atoms with van der Waals surface area (Å²) < 4.78 is 27.1. The molecule has 0 aromatic carbocycles. The van der Waals surface area contributed by atoms with E-state index >= 15 is 0 Å². The first kappa shape index (κ1) is 13.8. The third-order valence-electron chi connectivity index (χ3n) is 4.45. The zero-order chi connectivity index (χ0) is 14.2. The molecule has 0 radical (unpaired) electrons. The molecule has 2 heterocycles. The number of hydrogen-bond donors (Lipinski definition) is 2. The molecule has 0 spiro atoms. The minimum absolute atomic E-state index is 0.182. The van der Waals surface area contributed by atoms with Crippen molar-refractivity contribution in [3.63, 3.8) is 0 Å². The van der Waals surface area contributed by atoms with E-state index in [-0.39, 0.29) is 10.9 Å². The summed E-state index contributed by atoms with van der Waals surface area (Å²) >= 11 is 0. The minimum atomic E-state index is -3.43. The van der Waals surface area contributed by atoms with E-state index in [0.29, 0.717) is 18.3 Å². The van der Waals surface area contributed by atoms with Crippen LogP contribution in [0.25, 0.3) is 0 Å². The maximum Gasteiger partial charge on any atom is 0.244 e. The molecule has 1 saturated carbocycles. The maximum absolute atomic E-state index is 12.7. The van der Waals surface area contributed by atoms with Crippen molar-refractivity contribution in [2.24, 2.45) is 11.8 Å². The van der Waals surface area contributed by atoms with E-state index in [9.17, 15) is 8.42 Å². The number of nitrogens with two attached hydrogens (primary N) is 1. The highest BCUT2D eigenvalue weighted by atomic mass is 32.2. The van der Waals surface area contributed by atoms with Gasteiger partial charge in [0.25, 0.3) is 0 Å². The van der Waals surface area contributed by atoms with Gasteiger partial charge < -0.3 is 5.43 Å². The fourth-order valence-corrected chi connectivity index (χ4v) is 5.09. The predicted octanol–water partition coefficient (Wildman–Crippen LogP) is 1.32. The summed E-state index contributed by atoms with van der Waals surface area (Å²) in [5.41, 5.74) is 2.40. The van der Waals surface area contributed by atoms with E-state index in [1.807, 2.05) is 0 Å². The maximum atomic E-state index is 12.7. The molecule has 110 valence electrons. The van der Waals surface area contributed by atoms with Crippen molar-refractivity contribution in [2.45, 2.75) is 43.0 Å². The lowest BCUT2D eigenvalue weighted by atomic mass is 9.86. The van der Waals surface area contributed by atoms with E-state index < -0.39 is 10.0 Å². The molecule has 1 aliphatic heterocycles. The van der Waals surface area contributed by atoms with Crippen LogP contribution in [-0.2, 0) is 10.0 Å². The third-order valence-corrected chi connectivity index (χ3v) is 6.36. The van der Waals surface area contributed by atoms with Crippen molar-refractivity contribution in [3.05, 3.63) is 18.3 Å². The van der Waals surface area contributed by atoms with Crippen LogP contribution >= 0.6 is 0 Å². The lowest BCUT2D eigenvalue weighted by Gasteiger charge is -2.30. The first-order chi connectivity index (χ1) is 9.63. The zero-order valence-corrected chi connectivity index (χ0v) is 12.1. The van der Waals surface area contributed by atoms with Gasteiger partial charge in [-0.1, -0.05) is 12.8 Å². The number of anilines is 1. The summed E-state index contributed by atoms with van der Waals surface area (Å²) in [6.07, 6.45) is 6.86. The van der Waals surface area contributed by atoms with E-state index in [1.54, 1.807) is 16.4 Å². The van der Waals surface area contributed by atoms with Gasteiger partial charge in [-0.25, -0.2) is 19.2 Å². The lowest BCUT2D eigenvalue weighted by molar-refractivity contribution is 0.260. The van der Waals surface area contributed by atoms with Gasteiger partial charge in [-0.3, -0.25) is 0 Å². The smallest absolute Gasteiger partial charge is 0.244 e. The van der Waals surface area contributed by atoms with Crippen LogP contribution in [0.1, 0.15) is 32.1 Å². The number of hydrazine groups is 1. The first-order valence-corrected chi connectivity index (χ1v) is 8.51. The van der Waals surface area contributed by atoms with Gasteiger partial charge in [-0.15, -0.1) is 0 Å². The highest BCUT2D eigenvalue weighted by Gasteiger charge is 2.42. The molecule has 3 rings (SSSR count). The molecule has 3 N–H and O–H groups in total. The Hall–Kier alpha value is -1.18. The second kappa shape index (κ2) is 5.31. The number of aromatic nitrogens is 1. The number of nitrogen functional groups attached to an aromatic ring is 1. The monoisotopic (exact) mass is 296 g/mol. The molecular formula is C13H20N4O2S. The fourth-order valence-electron chi connectivity index (χ4n) is 3.41. The van der Waals surface area contributed by atoms with Gasteiger partial charge >= 0.3 is 0 Å². The first-order valence-electron chi connectivity index (χ1n) is 7.07. The standard InChI is InChI=1S/C13H20N4O2S/c14-16-13-6-5-11(9-15-13)20(18,19)17-8-7-10-3-1-2-4-12(10)17/h5-6,9-10,12H,1-4,7-8,14H2,(H,15,16). The number of nitrogens with zero attached hydrogens (tertiary/aromatic N) is 2. The predicted molar refractivity (Wildman–Crippen MR) is 76.3 cm³/mol. The molecule has 2 unspecified atom stereocenters. The van der Waals surface area contributed by atoms with Gasteiger partial charge in [-0.05, 0) is 37.3 Å². The summed E-state index contributed by atoms with van der Waals surface area (Å²) in [6, 6.07) is 3.33. The Bertz CT molecular complexity index is 573. The molecule has 20 heavy (non-hydrogen) atoms. The number of fused-ring (bicyclic) bond motifs is 1. The van der Waals surface area contributed by atoms with Crippen LogP contribution in [0.4, 0.5) is 5.82 Å². The van der Waals surface area contributed by atoms with Crippen molar-refractivity contribution in [1.82, 2.24) is 9.29 Å². The average molecular weight is 296 g/mol. The number of sulfonamides is 1. The summed E-state index contributed by atoms with van der Waals surface area (Å²) in [5, 5.41) is 0. The Balaban J connectivity index is 1.87. The van der Waals surface area contributed by atoms with Gasteiger partial charge in [0.2, 0.25) is 10.0 Å². The lowest BCUT2D eigenvalue weighted by Crippen LogP contribution is -2.39. The number of rotatable bonds is 3. The van der Waals surface area contributed by atoms with Crippen molar-refractivity contribution < 1.29 is 8.42 Å². The van der Waals surface area contributed by atoms with Gasteiger partial charge in [0.05, 0.1) is 0 Å². The summed E-state index contributed by atoms with van der Waals surface area (Å²) in [7, 11) is -3.43. The molecule has 1 saturated heterocycles. The second-order valence-corrected chi connectivity index (χ2v) is 7.43. The number of hydrogen-bond acceptors (Lipinski definition) is 5. The molecule has 2 aliphatic rings. The molecule has 1 aromatic rings. The van der Waals surface area contributed by atoms with Gasteiger partial charge in [0, 0.05) is 18.8 Å². The van der Waals surface area contributed by atoms with Gasteiger partial charge in [0.1, 0.15) is 10.7 Å². The van der Waals surface area contributed by atoms with Crippen LogP contribution in [-0.4, -0.2) is 30.3 Å². The minimum Gasteiger partial charge on any atom is -0.308 e. The molecule has 1 aliphatic carbocycles. The van der Waals surface area contributed by atoms with Crippen molar-refractivity contribution in [1.29, 1.82) is 0 Å². The number of pyridine rings is 1. The summed E-state index contributed by atoms with van der Waals surface area (Å²) in [5.74, 6) is 6.24. The topological polar surface area (TPSA) is 88.3 Å². The van der Waals surface area contributed by atoms with Crippen LogP contribution < -0.4 is 11.3 Å². The Morgan fingerprint density at radius 2 is 2.05 bits per heavy atom. The number of nitrogens with one attached hydrogen (secondary N) is 1. The largest absolute Gasteiger partial charge is 0.308 e. The Labute approximate surface area is 119 Å². The van der Waals surface area contributed by atoms with E-state index in [2.05, 4.69) is 10.4 Å². The van der Waals surface area contributed by atoms with Crippen LogP contribution in [0, 0.1) is 5.92 Å². The normalized spacial score (nSPS) is 27.2. The van der Waals surface area contributed by atoms with Crippen LogP contribution in [0.5, 0.6) is 0 Å². The quantitative estimate of drug-likeness (QED) is 0.649. The highest BCUT2D eigenvalue weighted by Crippen LogP contribution is 2.38. The highest BCUT2D eigenvalue weighted by molar-refractivity contribution is 7.89. The Kier molecular flexibility index (Phi) is 3.66. The molecule has 7 heteroatoms. The molecule has 0 amide bonds. The van der Waals surface area contributed by atoms with Crippen LogP contribution in [0.3, 0.4) is 0 Å².